The number of phenolic OH excluding ortho intramolecular Hbond substituents is 1. The van der Waals surface area contributed by atoms with E-state index in [-0.39, 0.29) is 30.5 Å². The minimum Gasteiger partial charge on any atom is -0.507 e. The molecule has 102 valence electrons. The minimum absolute atomic E-state index is 0. The third-order valence-corrected chi connectivity index (χ3v) is 2.57. The monoisotopic (exact) mass is 273 g/mol. The first kappa shape index (κ1) is 16.7. The third kappa shape index (κ3) is 4.20. The van der Waals surface area contributed by atoms with Crippen LogP contribution < -0.4 is 5.73 Å². The molecule has 0 spiro atoms. The maximum absolute atomic E-state index is 11.3. The highest BCUT2D eigenvalue weighted by Crippen LogP contribution is 2.29. The van der Waals surface area contributed by atoms with Crippen LogP contribution in [0, 0.1) is 13.8 Å². The van der Waals surface area contributed by atoms with Gasteiger partial charge in [0.2, 0.25) is 0 Å². The number of nitrogens with two attached hydrogens (primary N) is 1. The molecule has 0 heterocycles. The summed E-state index contributed by atoms with van der Waals surface area (Å²) in [4.78, 5) is 11.3. The number of carbonyl (C=O) groups is 1. The van der Waals surface area contributed by atoms with Crippen molar-refractivity contribution in [3.8, 4) is 5.75 Å². The van der Waals surface area contributed by atoms with Gasteiger partial charge in [0.1, 0.15) is 5.75 Å². The second-order valence-corrected chi connectivity index (χ2v) is 4.14. The minimum atomic E-state index is -0.535. The maximum atomic E-state index is 11.3. The Bertz CT molecular complexity index is 421. The van der Waals surface area contributed by atoms with Crippen LogP contribution in [0.5, 0.6) is 5.75 Å². The lowest BCUT2D eigenvalue weighted by atomic mass is 9.98. The lowest BCUT2D eigenvalue weighted by molar-refractivity contribution is -0.143. The summed E-state index contributed by atoms with van der Waals surface area (Å²) in [6.07, 6.45) is 0.0737. The lowest BCUT2D eigenvalue weighted by Crippen LogP contribution is -2.17. The van der Waals surface area contributed by atoms with Gasteiger partial charge < -0.3 is 15.6 Å². The van der Waals surface area contributed by atoms with E-state index in [9.17, 15) is 9.90 Å². The number of halogens is 1. The molecule has 1 aromatic rings. The Labute approximate surface area is 114 Å². The van der Waals surface area contributed by atoms with Crippen LogP contribution in [-0.2, 0) is 9.53 Å². The number of esters is 1. The van der Waals surface area contributed by atoms with E-state index in [2.05, 4.69) is 0 Å². The summed E-state index contributed by atoms with van der Waals surface area (Å²) >= 11 is 0. The number of rotatable bonds is 4. The summed E-state index contributed by atoms with van der Waals surface area (Å²) in [5.74, 6) is -0.189. The van der Waals surface area contributed by atoms with Gasteiger partial charge in [-0.15, -0.1) is 12.4 Å². The molecule has 0 bridgehead atoms. The van der Waals surface area contributed by atoms with Crippen LogP contribution in [0.2, 0.25) is 0 Å². The smallest absolute Gasteiger partial charge is 0.307 e. The van der Waals surface area contributed by atoms with Gasteiger partial charge in [0, 0.05) is 11.6 Å². The van der Waals surface area contributed by atoms with Crippen LogP contribution in [0.3, 0.4) is 0 Å². The number of aromatic hydroxyl groups is 1. The second-order valence-electron chi connectivity index (χ2n) is 4.14. The molecule has 0 aliphatic rings. The van der Waals surface area contributed by atoms with Gasteiger partial charge >= 0.3 is 5.97 Å². The molecule has 0 aliphatic carbocycles. The van der Waals surface area contributed by atoms with Gasteiger partial charge in [-0.2, -0.15) is 0 Å². The molecule has 1 rings (SSSR count). The van der Waals surface area contributed by atoms with Gasteiger partial charge in [-0.05, 0) is 26.3 Å². The Morgan fingerprint density at radius 2 is 2.06 bits per heavy atom. The molecule has 0 saturated carbocycles. The van der Waals surface area contributed by atoms with Crippen molar-refractivity contribution in [3.05, 3.63) is 28.8 Å². The zero-order chi connectivity index (χ0) is 13.0. The lowest BCUT2D eigenvalue weighted by Gasteiger charge is -2.15. The van der Waals surface area contributed by atoms with E-state index in [1.807, 2.05) is 19.9 Å². The highest BCUT2D eigenvalue weighted by atomic mass is 35.5. The summed E-state index contributed by atoms with van der Waals surface area (Å²) in [7, 11) is 0. The van der Waals surface area contributed by atoms with Crippen molar-refractivity contribution in [3.63, 3.8) is 0 Å². The molecule has 0 radical (unpaired) electrons. The molecule has 5 heteroatoms. The molecule has 0 fully saturated rings. The van der Waals surface area contributed by atoms with Gasteiger partial charge in [-0.3, -0.25) is 4.79 Å². The quantitative estimate of drug-likeness (QED) is 0.826. The molecule has 1 atom stereocenters. The van der Waals surface area contributed by atoms with Crippen molar-refractivity contribution in [1.82, 2.24) is 0 Å². The number of aryl methyl sites for hydroxylation is 2. The first-order valence-electron chi connectivity index (χ1n) is 5.67. The van der Waals surface area contributed by atoms with Gasteiger partial charge in [0.15, 0.2) is 0 Å². The fourth-order valence-electron chi connectivity index (χ4n) is 1.78. The van der Waals surface area contributed by atoms with Crippen LogP contribution >= 0.6 is 12.4 Å². The standard InChI is InChI=1S/C13H19NO3.ClH/c1-4-17-12(15)7-11(14)10-6-8(2)5-9(3)13(10)16;/h5-6,11,16H,4,7,14H2,1-3H3;1H. The van der Waals surface area contributed by atoms with E-state index in [1.165, 1.54) is 0 Å². The molecule has 1 aromatic carbocycles. The van der Waals surface area contributed by atoms with Crippen molar-refractivity contribution in [2.45, 2.75) is 33.2 Å². The van der Waals surface area contributed by atoms with Crippen molar-refractivity contribution in [2.75, 3.05) is 6.61 Å². The largest absolute Gasteiger partial charge is 0.507 e. The second kappa shape index (κ2) is 7.24. The molecular formula is C13H20ClNO3. The van der Waals surface area contributed by atoms with Crippen molar-refractivity contribution in [1.29, 1.82) is 0 Å². The molecule has 3 N–H and O–H groups in total. The topological polar surface area (TPSA) is 72.5 Å². The van der Waals surface area contributed by atoms with E-state index in [0.29, 0.717) is 12.2 Å². The molecule has 0 aliphatic heterocycles. The predicted molar refractivity (Wildman–Crippen MR) is 73.0 cm³/mol. The Morgan fingerprint density at radius 1 is 1.44 bits per heavy atom. The van der Waals surface area contributed by atoms with Crippen molar-refractivity contribution in [2.24, 2.45) is 5.73 Å². The van der Waals surface area contributed by atoms with Gasteiger partial charge in [-0.1, -0.05) is 17.7 Å². The number of carbonyl (C=O) groups excluding carboxylic acids is 1. The number of ether oxygens (including phenoxy) is 1. The predicted octanol–water partition coefficient (Wildman–Crippen LogP) is 2.38. The van der Waals surface area contributed by atoms with E-state index in [1.54, 1.807) is 13.0 Å². The number of phenols is 1. The zero-order valence-electron chi connectivity index (χ0n) is 10.9. The summed E-state index contributed by atoms with van der Waals surface area (Å²) < 4.78 is 4.83. The highest BCUT2D eigenvalue weighted by molar-refractivity contribution is 5.85. The first-order valence-corrected chi connectivity index (χ1v) is 5.67. The Balaban J connectivity index is 0.00000289. The van der Waals surface area contributed by atoms with E-state index in [4.69, 9.17) is 10.5 Å². The Kier molecular flexibility index (Phi) is 6.73. The van der Waals surface area contributed by atoms with Crippen LogP contribution in [-0.4, -0.2) is 17.7 Å². The van der Waals surface area contributed by atoms with Crippen LogP contribution in [0.15, 0.2) is 12.1 Å². The maximum Gasteiger partial charge on any atom is 0.307 e. The third-order valence-electron chi connectivity index (χ3n) is 2.57. The average Bonchev–Trinajstić information content (AvgIpc) is 2.23. The summed E-state index contributed by atoms with van der Waals surface area (Å²) in [6.45, 7) is 5.82. The average molecular weight is 274 g/mol. The SMILES string of the molecule is CCOC(=O)CC(N)c1cc(C)cc(C)c1O.Cl. The van der Waals surface area contributed by atoms with Crippen LogP contribution in [0.4, 0.5) is 0 Å². The van der Waals surface area contributed by atoms with Gasteiger partial charge in [0.05, 0.1) is 13.0 Å². The summed E-state index contributed by atoms with van der Waals surface area (Å²) in [5.41, 5.74) is 8.27. The fourth-order valence-corrected chi connectivity index (χ4v) is 1.78. The normalized spacial score (nSPS) is 11.6. The number of hydrogen-bond acceptors (Lipinski definition) is 4. The van der Waals surface area contributed by atoms with Crippen LogP contribution in [0.25, 0.3) is 0 Å². The summed E-state index contributed by atoms with van der Waals surface area (Å²) in [5, 5.41) is 9.90. The van der Waals surface area contributed by atoms with Gasteiger partial charge in [0.25, 0.3) is 0 Å². The van der Waals surface area contributed by atoms with Crippen molar-refractivity contribution >= 4 is 18.4 Å². The molecule has 0 aromatic heterocycles. The number of benzene rings is 1. The highest BCUT2D eigenvalue weighted by Gasteiger charge is 2.17. The Hall–Kier alpha value is -1.26. The van der Waals surface area contributed by atoms with Crippen molar-refractivity contribution < 1.29 is 14.6 Å². The first-order chi connectivity index (χ1) is 7.95. The molecule has 0 amide bonds. The summed E-state index contributed by atoms with van der Waals surface area (Å²) in [6, 6.07) is 3.13. The molecule has 18 heavy (non-hydrogen) atoms. The fraction of sp³-hybridized carbons (Fsp3) is 0.462. The molecule has 4 nitrogen and oxygen atoms in total. The van der Waals surface area contributed by atoms with E-state index >= 15 is 0 Å². The van der Waals surface area contributed by atoms with E-state index in [0.717, 1.165) is 11.1 Å². The molecule has 0 saturated heterocycles. The number of hydrogen-bond donors (Lipinski definition) is 2. The van der Waals surface area contributed by atoms with Crippen LogP contribution in [0.1, 0.15) is 36.1 Å². The van der Waals surface area contributed by atoms with E-state index < -0.39 is 6.04 Å². The molecular weight excluding hydrogens is 254 g/mol. The Morgan fingerprint density at radius 3 is 2.61 bits per heavy atom. The van der Waals surface area contributed by atoms with Gasteiger partial charge in [-0.25, -0.2) is 0 Å². The zero-order valence-corrected chi connectivity index (χ0v) is 11.7. The molecule has 1 unspecified atom stereocenters.